The minimum Gasteiger partial charge on any atom is -0.507 e. The largest absolute Gasteiger partial charge is 0.507 e. The molecule has 3 aromatic heterocycles. The van der Waals surface area contributed by atoms with Crippen LogP contribution in [0.25, 0.3) is 33.8 Å². The van der Waals surface area contributed by atoms with Crippen LogP contribution in [-0.2, 0) is 0 Å². The number of ether oxygens (including phenoxy) is 1. The number of benzene rings is 2. The number of fused-ring (bicyclic) bond motifs is 3. The summed E-state index contributed by atoms with van der Waals surface area (Å²) in [5.41, 5.74) is 2.60. The van der Waals surface area contributed by atoms with Gasteiger partial charge in [0.05, 0.1) is 29.9 Å². The highest BCUT2D eigenvalue weighted by molar-refractivity contribution is 6.30. The van der Waals surface area contributed by atoms with Gasteiger partial charge in [0.25, 0.3) is 0 Å². The van der Waals surface area contributed by atoms with Crippen LogP contribution in [0.15, 0.2) is 55.0 Å². The second-order valence-corrected chi connectivity index (χ2v) is 6.55. The molecule has 0 radical (unpaired) electrons. The molecule has 0 spiro atoms. The molecule has 0 unspecified atom stereocenters. The minimum atomic E-state index is 0.0469. The molecular weight excluding hydrogens is 380 g/mol. The fourth-order valence-corrected chi connectivity index (χ4v) is 3.23. The van der Waals surface area contributed by atoms with Crippen LogP contribution < -0.4 is 4.74 Å². The average Bonchev–Trinajstić information content (AvgIpc) is 3.32. The summed E-state index contributed by atoms with van der Waals surface area (Å²) in [4.78, 5) is 4.53. The van der Waals surface area contributed by atoms with E-state index in [0.717, 1.165) is 11.1 Å². The summed E-state index contributed by atoms with van der Waals surface area (Å²) in [5.74, 6) is 1.08. The highest BCUT2D eigenvalue weighted by Gasteiger charge is 2.17. The summed E-state index contributed by atoms with van der Waals surface area (Å²) < 4.78 is 8.56. The lowest BCUT2D eigenvalue weighted by Gasteiger charge is -2.06. The Morgan fingerprint density at radius 1 is 1.04 bits per heavy atom. The molecule has 138 valence electrons. The maximum Gasteiger partial charge on any atom is 0.175 e. The van der Waals surface area contributed by atoms with Crippen molar-refractivity contribution in [3.63, 3.8) is 0 Å². The van der Waals surface area contributed by atoms with E-state index in [1.807, 2.05) is 12.1 Å². The van der Waals surface area contributed by atoms with Gasteiger partial charge in [-0.2, -0.15) is 5.10 Å². The van der Waals surface area contributed by atoms with Crippen molar-refractivity contribution in [3.05, 3.63) is 60.0 Å². The van der Waals surface area contributed by atoms with Gasteiger partial charge in [0.2, 0.25) is 0 Å². The lowest BCUT2D eigenvalue weighted by molar-refractivity contribution is 0.408. The molecule has 0 aliphatic heterocycles. The van der Waals surface area contributed by atoms with Crippen molar-refractivity contribution in [1.82, 2.24) is 29.4 Å². The first kappa shape index (κ1) is 16.5. The van der Waals surface area contributed by atoms with E-state index in [1.54, 1.807) is 53.0 Å². The first-order valence-corrected chi connectivity index (χ1v) is 8.74. The summed E-state index contributed by atoms with van der Waals surface area (Å²) in [5, 5.41) is 24.7. The topological polar surface area (TPSA) is 90.4 Å². The minimum absolute atomic E-state index is 0.0469. The summed E-state index contributed by atoms with van der Waals surface area (Å²) in [6, 6.07) is 12.3. The fourth-order valence-electron chi connectivity index (χ4n) is 3.10. The van der Waals surface area contributed by atoms with Crippen LogP contribution in [0.4, 0.5) is 0 Å². The van der Waals surface area contributed by atoms with E-state index in [2.05, 4.69) is 20.3 Å². The van der Waals surface area contributed by atoms with Crippen LogP contribution in [0.3, 0.4) is 0 Å². The Balaban J connectivity index is 1.68. The van der Waals surface area contributed by atoms with Crippen molar-refractivity contribution in [2.45, 2.75) is 0 Å². The Bertz CT molecular complexity index is 1330. The van der Waals surface area contributed by atoms with Gasteiger partial charge in [-0.1, -0.05) is 11.6 Å². The zero-order chi connectivity index (χ0) is 19.3. The summed E-state index contributed by atoms with van der Waals surface area (Å²) in [7, 11) is 1.54. The number of aromatic hydroxyl groups is 1. The molecule has 2 aromatic carbocycles. The number of hydrogen-bond donors (Lipinski definition) is 1. The van der Waals surface area contributed by atoms with Crippen LogP contribution >= 0.6 is 11.6 Å². The Kier molecular flexibility index (Phi) is 3.66. The van der Waals surface area contributed by atoms with Crippen LogP contribution in [0, 0.1) is 0 Å². The van der Waals surface area contributed by atoms with Crippen molar-refractivity contribution >= 4 is 28.3 Å². The number of nitrogens with zero attached hydrogens (tertiary/aromatic N) is 6. The molecule has 0 saturated carbocycles. The first-order chi connectivity index (χ1) is 13.7. The number of halogens is 1. The van der Waals surface area contributed by atoms with Crippen LogP contribution in [0.5, 0.6) is 11.5 Å². The van der Waals surface area contributed by atoms with Crippen LogP contribution in [-0.4, -0.2) is 41.6 Å². The number of aromatic nitrogens is 6. The zero-order valence-electron chi connectivity index (χ0n) is 14.6. The molecule has 0 aliphatic rings. The predicted octanol–water partition coefficient (Wildman–Crippen LogP) is 3.50. The Morgan fingerprint density at radius 2 is 1.86 bits per heavy atom. The third-order valence-corrected chi connectivity index (χ3v) is 4.75. The molecule has 28 heavy (non-hydrogen) atoms. The van der Waals surface area contributed by atoms with Gasteiger partial charge in [-0.15, -0.1) is 10.2 Å². The van der Waals surface area contributed by atoms with Crippen LogP contribution in [0.1, 0.15) is 0 Å². The van der Waals surface area contributed by atoms with E-state index in [9.17, 15) is 5.11 Å². The number of phenolic OH excluding ortho intramolecular Hbond substituents is 1. The van der Waals surface area contributed by atoms with E-state index < -0.39 is 0 Å². The van der Waals surface area contributed by atoms with Gasteiger partial charge >= 0.3 is 0 Å². The quantitative estimate of drug-likeness (QED) is 0.505. The molecule has 0 fully saturated rings. The van der Waals surface area contributed by atoms with E-state index in [4.69, 9.17) is 16.3 Å². The van der Waals surface area contributed by atoms with Gasteiger partial charge in [0.1, 0.15) is 17.8 Å². The van der Waals surface area contributed by atoms with Crippen molar-refractivity contribution in [2.24, 2.45) is 0 Å². The maximum absolute atomic E-state index is 10.3. The van der Waals surface area contributed by atoms with Gasteiger partial charge in [-0.05, 0) is 36.4 Å². The highest BCUT2D eigenvalue weighted by Crippen LogP contribution is 2.32. The molecule has 9 heteroatoms. The van der Waals surface area contributed by atoms with Crippen molar-refractivity contribution < 1.29 is 9.84 Å². The normalized spacial score (nSPS) is 11.4. The van der Waals surface area contributed by atoms with Crippen molar-refractivity contribution in [1.29, 1.82) is 0 Å². The summed E-state index contributed by atoms with van der Waals surface area (Å²) >= 11 is 5.97. The lowest BCUT2D eigenvalue weighted by Crippen LogP contribution is -1.99. The van der Waals surface area contributed by atoms with Gasteiger partial charge < -0.3 is 9.84 Å². The Morgan fingerprint density at radius 3 is 2.61 bits per heavy atom. The Hall–Kier alpha value is -3.65. The van der Waals surface area contributed by atoms with E-state index in [1.165, 1.54) is 6.07 Å². The number of hydrogen-bond acceptors (Lipinski definition) is 6. The maximum atomic E-state index is 10.3. The number of methoxy groups -OCH3 is 1. The molecule has 5 rings (SSSR count). The molecule has 8 nitrogen and oxygen atoms in total. The van der Waals surface area contributed by atoms with E-state index in [0.29, 0.717) is 33.5 Å². The lowest BCUT2D eigenvalue weighted by atomic mass is 10.2. The SMILES string of the molecule is COc1ccc(-c2nnc3c4cnn(-c5ccc(Cl)cc5)c4ncn23)c(O)c1. The van der Waals surface area contributed by atoms with Crippen molar-refractivity contribution in [3.8, 4) is 28.6 Å². The zero-order valence-corrected chi connectivity index (χ0v) is 15.4. The van der Waals surface area contributed by atoms with E-state index in [-0.39, 0.29) is 5.75 Å². The third-order valence-electron chi connectivity index (χ3n) is 4.49. The molecule has 0 atom stereocenters. The average molecular weight is 393 g/mol. The second kappa shape index (κ2) is 6.21. The third kappa shape index (κ3) is 2.46. The molecular formula is C19H13ClN6O2. The fraction of sp³-hybridized carbons (Fsp3) is 0.0526. The monoisotopic (exact) mass is 392 g/mol. The molecule has 0 bridgehead atoms. The second-order valence-electron chi connectivity index (χ2n) is 6.11. The molecule has 1 N–H and O–H groups in total. The Labute approximate surface area is 163 Å². The molecule has 0 amide bonds. The predicted molar refractivity (Wildman–Crippen MR) is 104 cm³/mol. The smallest absolute Gasteiger partial charge is 0.175 e. The van der Waals surface area contributed by atoms with Gasteiger partial charge in [-0.25, -0.2) is 9.67 Å². The molecule has 0 aliphatic carbocycles. The summed E-state index contributed by atoms with van der Waals surface area (Å²) in [6.45, 7) is 0. The first-order valence-electron chi connectivity index (χ1n) is 8.36. The van der Waals surface area contributed by atoms with Gasteiger partial charge in [-0.3, -0.25) is 4.40 Å². The number of phenols is 1. The summed E-state index contributed by atoms with van der Waals surface area (Å²) in [6.07, 6.45) is 3.31. The number of rotatable bonds is 3. The highest BCUT2D eigenvalue weighted by atomic mass is 35.5. The van der Waals surface area contributed by atoms with Gasteiger partial charge in [0, 0.05) is 11.1 Å². The molecule has 5 aromatic rings. The van der Waals surface area contributed by atoms with Crippen LogP contribution in [0.2, 0.25) is 5.02 Å². The molecule has 0 saturated heterocycles. The van der Waals surface area contributed by atoms with Gasteiger partial charge in [0.15, 0.2) is 17.1 Å². The molecule has 3 heterocycles. The van der Waals surface area contributed by atoms with Crippen molar-refractivity contribution in [2.75, 3.05) is 7.11 Å². The van der Waals surface area contributed by atoms with E-state index >= 15 is 0 Å². The standard InChI is InChI=1S/C19H13ClN6O2/c1-28-13-6-7-14(16(27)8-13)18-23-24-19-15-9-22-26(17(15)21-10-25(18)19)12-4-2-11(20)3-5-12/h2-10,27H,1H3.